The lowest BCUT2D eigenvalue weighted by molar-refractivity contribution is 0.0594. The molecule has 1 aromatic heterocycles. The largest absolute Gasteiger partial charge is 0.487 e. The summed E-state index contributed by atoms with van der Waals surface area (Å²) in [6, 6.07) is 38.0. The molecule has 7 heteroatoms. The number of rotatable bonds is 9. The van der Waals surface area contributed by atoms with E-state index in [2.05, 4.69) is 10.1 Å². The number of carbonyl (C=O) groups is 1. The molecule has 0 amide bonds. The molecule has 0 saturated carbocycles. The third-order valence-electron chi connectivity index (χ3n) is 6.22. The number of carbonyl (C=O) groups excluding carboxylic acids is 1. The highest BCUT2D eigenvalue weighted by molar-refractivity contribution is 6.32. The van der Waals surface area contributed by atoms with Crippen molar-refractivity contribution in [1.29, 1.82) is 0 Å². The van der Waals surface area contributed by atoms with Gasteiger partial charge >= 0.3 is 5.97 Å². The molecule has 4 aromatic carbocycles. The van der Waals surface area contributed by atoms with Crippen LogP contribution in [0.25, 0.3) is 11.3 Å². The Bertz CT molecular complexity index is 1570. The van der Waals surface area contributed by atoms with E-state index in [4.69, 9.17) is 26.2 Å². The highest BCUT2D eigenvalue weighted by Gasteiger charge is 2.17. The highest BCUT2D eigenvalue weighted by atomic mass is 35.5. The average molecular weight is 548 g/mol. The quantitative estimate of drug-likeness (QED) is 0.137. The SMILES string of the molecule is COC(=O)c1ccc(N=NC(c2ccccc2)c2ccccc2)c(-c2ccc(Cl)c(OCc3ccccc3)c2)n1. The molecule has 5 aromatic rings. The second-order valence-electron chi connectivity index (χ2n) is 8.91. The summed E-state index contributed by atoms with van der Waals surface area (Å²) in [5.74, 6) is -0.0617. The van der Waals surface area contributed by atoms with Crippen molar-refractivity contribution >= 4 is 23.3 Å². The Labute approximate surface area is 237 Å². The van der Waals surface area contributed by atoms with Gasteiger partial charge < -0.3 is 9.47 Å². The Hall–Kier alpha value is -4.81. The van der Waals surface area contributed by atoms with E-state index >= 15 is 0 Å². The molecule has 0 fully saturated rings. The van der Waals surface area contributed by atoms with Crippen molar-refractivity contribution in [3.05, 3.63) is 149 Å². The highest BCUT2D eigenvalue weighted by Crippen LogP contribution is 2.36. The van der Waals surface area contributed by atoms with Crippen molar-refractivity contribution in [2.45, 2.75) is 12.6 Å². The van der Waals surface area contributed by atoms with Crippen LogP contribution in [-0.4, -0.2) is 18.1 Å². The van der Waals surface area contributed by atoms with E-state index in [9.17, 15) is 4.79 Å². The fourth-order valence-electron chi connectivity index (χ4n) is 4.18. The predicted octanol–water partition coefficient (Wildman–Crippen LogP) is 8.64. The Balaban J connectivity index is 1.54. The number of azo groups is 1. The maximum atomic E-state index is 12.3. The topological polar surface area (TPSA) is 73.1 Å². The average Bonchev–Trinajstić information content (AvgIpc) is 3.02. The number of pyridine rings is 1. The standard InChI is InChI=1S/C33H26ClN3O3/c1-39-33(38)29-20-19-28(36-37-31(24-13-7-3-8-14-24)25-15-9-4-10-16-25)32(35-29)26-17-18-27(34)30(21-26)40-22-23-11-5-2-6-12-23/h2-21,31H,22H2,1H3. The van der Waals surface area contributed by atoms with Gasteiger partial charge in [0.25, 0.3) is 0 Å². The first-order valence-electron chi connectivity index (χ1n) is 12.7. The van der Waals surface area contributed by atoms with Crippen LogP contribution < -0.4 is 4.74 Å². The van der Waals surface area contributed by atoms with E-state index in [-0.39, 0.29) is 11.7 Å². The van der Waals surface area contributed by atoms with Crippen molar-refractivity contribution in [3.8, 4) is 17.0 Å². The van der Waals surface area contributed by atoms with Crippen LogP contribution in [0.2, 0.25) is 5.02 Å². The van der Waals surface area contributed by atoms with Gasteiger partial charge in [0.05, 0.1) is 17.8 Å². The number of aromatic nitrogens is 1. The van der Waals surface area contributed by atoms with Gasteiger partial charge in [0.15, 0.2) is 0 Å². The van der Waals surface area contributed by atoms with Crippen LogP contribution >= 0.6 is 11.6 Å². The van der Waals surface area contributed by atoms with Gasteiger partial charge in [0.2, 0.25) is 0 Å². The first kappa shape index (κ1) is 26.8. The number of hydrogen-bond donors (Lipinski definition) is 0. The Morgan fingerprint density at radius 1 is 0.825 bits per heavy atom. The van der Waals surface area contributed by atoms with E-state index < -0.39 is 5.97 Å². The van der Waals surface area contributed by atoms with Gasteiger partial charge in [-0.2, -0.15) is 10.2 Å². The lowest BCUT2D eigenvalue weighted by Crippen LogP contribution is -2.05. The molecule has 0 N–H and O–H groups in total. The van der Waals surface area contributed by atoms with Gasteiger partial charge in [0, 0.05) is 5.56 Å². The monoisotopic (exact) mass is 547 g/mol. The summed E-state index contributed by atoms with van der Waals surface area (Å²) >= 11 is 6.47. The van der Waals surface area contributed by atoms with Crippen molar-refractivity contribution in [3.63, 3.8) is 0 Å². The molecule has 0 saturated heterocycles. The molecule has 0 aliphatic carbocycles. The lowest BCUT2D eigenvalue weighted by atomic mass is 10.00. The van der Waals surface area contributed by atoms with Gasteiger partial charge in [-0.1, -0.05) is 109 Å². The maximum absolute atomic E-state index is 12.3. The zero-order chi connectivity index (χ0) is 27.7. The molecule has 0 spiro atoms. The minimum absolute atomic E-state index is 0.154. The van der Waals surface area contributed by atoms with Crippen LogP contribution in [0.5, 0.6) is 5.75 Å². The summed E-state index contributed by atoms with van der Waals surface area (Å²) in [6.45, 7) is 0.349. The third kappa shape index (κ3) is 6.42. The number of benzene rings is 4. The fourth-order valence-corrected chi connectivity index (χ4v) is 4.35. The number of esters is 1. The van der Waals surface area contributed by atoms with Gasteiger partial charge in [-0.05, 0) is 41.0 Å². The lowest BCUT2D eigenvalue weighted by Gasteiger charge is -2.14. The molecule has 0 bridgehead atoms. The first-order valence-corrected chi connectivity index (χ1v) is 13.1. The molecular formula is C33H26ClN3O3. The van der Waals surface area contributed by atoms with Gasteiger partial charge in [-0.3, -0.25) is 0 Å². The Morgan fingerprint density at radius 2 is 1.45 bits per heavy atom. The van der Waals surface area contributed by atoms with E-state index in [1.165, 1.54) is 7.11 Å². The number of ether oxygens (including phenoxy) is 2. The number of nitrogens with zero attached hydrogens (tertiary/aromatic N) is 3. The third-order valence-corrected chi connectivity index (χ3v) is 6.53. The van der Waals surface area contributed by atoms with Crippen LogP contribution in [0, 0.1) is 0 Å². The summed E-state index contributed by atoms with van der Waals surface area (Å²) < 4.78 is 10.9. The van der Waals surface area contributed by atoms with Crippen molar-refractivity contribution in [1.82, 2.24) is 4.98 Å². The molecule has 40 heavy (non-hydrogen) atoms. The van der Waals surface area contributed by atoms with Crippen LogP contribution in [-0.2, 0) is 11.3 Å². The van der Waals surface area contributed by atoms with Crippen LogP contribution in [0.1, 0.15) is 33.2 Å². The molecule has 5 rings (SSSR count). The normalized spacial score (nSPS) is 11.1. The van der Waals surface area contributed by atoms with E-state index in [0.717, 1.165) is 16.7 Å². The smallest absolute Gasteiger partial charge is 0.356 e. The van der Waals surface area contributed by atoms with Crippen molar-refractivity contribution < 1.29 is 14.3 Å². The number of hydrogen-bond acceptors (Lipinski definition) is 6. The van der Waals surface area contributed by atoms with Crippen molar-refractivity contribution in [2.75, 3.05) is 7.11 Å². The van der Waals surface area contributed by atoms with Crippen LogP contribution in [0.4, 0.5) is 5.69 Å². The molecular weight excluding hydrogens is 522 g/mol. The van der Waals surface area contributed by atoms with Gasteiger partial charge in [-0.15, -0.1) is 0 Å². The van der Waals surface area contributed by atoms with Crippen LogP contribution in [0.3, 0.4) is 0 Å². The summed E-state index contributed by atoms with van der Waals surface area (Å²) in [4.78, 5) is 16.9. The molecule has 198 valence electrons. The maximum Gasteiger partial charge on any atom is 0.356 e. The van der Waals surface area contributed by atoms with Crippen molar-refractivity contribution in [2.24, 2.45) is 10.2 Å². The summed E-state index contributed by atoms with van der Waals surface area (Å²) in [6.07, 6.45) is 0. The number of methoxy groups -OCH3 is 1. The van der Waals surface area contributed by atoms with E-state index in [1.807, 2.05) is 97.1 Å². The van der Waals surface area contributed by atoms with E-state index in [1.54, 1.807) is 24.3 Å². The Kier molecular flexibility index (Phi) is 8.59. The minimum Gasteiger partial charge on any atom is -0.487 e. The van der Waals surface area contributed by atoms with Gasteiger partial charge in [-0.25, -0.2) is 9.78 Å². The second-order valence-corrected chi connectivity index (χ2v) is 9.32. The Morgan fingerprint density at radius 3 is 2.08 bits per heavy atom. The minimum atomic E-state index is -0.550. The molecule has 0 aliphatic rings. The molecule has 0 radical (unpaired) electrons. The summed E-state index contributed by atoms with van der Waals surface area (Å²) in [5, 5.41) is 9.85. The van der Waals surface area contributed by atoms with Gasteiger partial charge in [0.1, 0.15) is 29.8 Å². The predicted molar refractivity (Wildman–Crippen MR) is 156 cm³/mol. The first-order chi connectivity index (χ1) is 19.6. The summed E-state index contributed by atoms with van der Waals surface area (Å²) in [5.41, 5.74) is 4.78. The molecule has 0 atom stereocenters. The molecule has 1 heterocycles. The van der Waals surface area contributed by atoms with E-state index in [0.29, 0.717) is 34.3 Å². The second kappa shape index (κ2) is 12.8. The molecule has 0 aliphatic heterocycles. The summed E-state index contributed by atoms with van der Waals surface area (Å²) in [7, 11) is 1.32. The molecule has 0 unspecified atom stereocenters. The number of halogens is 1. The zero-order valence-corrected chi connectivity index (χ0v) is 22.5. The molecule has 6 nitrogen and oxygen atoms in total. The zero-order valence-electron chi connectivity index (χ0n) is 21.8. The fraction of sp³-hybridized carbons (Fsp3) is 0.0909. The van der Waals surface area contributed by atoms with Crippen LogP contribution in [0.15, 0.2) is 132 Å².